The van der Waals surface area contributed by atoms with Crippen molar-refractivity contribution in [1.29, 1.82) is 0 Å². The molecule has 0 spiro atoms. The van der Waals surface area contributed by atoms with Gasteiger partial charge in [-0.15, -0.1) is 11.3 Å². The van der Waals surface area contributed by atoms with Crippen molar-refractivity contribution in [3.05, 3.63) is 64.8 Å². The zero-order valence-corrected chi connectivity index (χ0v) is 25.4. The molecule has 3 aliphatic rings. The number of carbonyl (C=O) groups is 1. The number of aliphatic hydroxyl groups is 1. The van der Waals surface area contributed by atoms with Crippen LogP contribution in [0.15, 0.2) is 48.7 Å². The molecule has 1 N–H and O–H groups in total. The van der Waals surface area contributed by atoms with Crippen molar-refractivity contribution in [2.75, 3.05) is 18.6 Å². The number of thiazole rings is 1. The quantitative estimate of drug-likeness (QED) is 0.295. The van der Waals surface area contributed by atoms with Gasteiger partial charge in [0, 0.05) is 30.3 Å². The Labute approximate surface area is 249 Å². The molecule has 2 aromatic carbocycles. The minimum absolute atomic E-state index is 0.00528. The van der Waals surface area contributed by atoms with E-state index in [9.17, 15) is 9.90 Å². The molecule has 3 fully saturated rings. The number of anilines is 1. The lowest BCUT2D eigenvalue weighted by atomic mass is 9.78. The highest BCUT2D eigenvalue weighted by Crippen LogP contribution is 2.42. The Morgan fingerprint density at radius 2 is 1.76 bits per heavy atom. The zero-order chi connectivity index (χ0) is 28.3. The fraction of sp³-hybridized carbons (Fsp3) is 0.543. The summed E-state index contributed by atoms with van der Waals surface area (Å²) in [5.41, 5.74) is 4.77. The van der Waals surface area contributed by atoms with Crippen molar-refractivity contribution in [2.45, 2.75) is 95.5 Å². The lowest BCUT2D eigenvalue weighted by molar-refractivity contribution is -0.124. The zero-order valence-electron chi connectivity index (χ0n) is 24.6. The van der Waals surface area contributed by atoms with Gasteiger partial charge in [0.25, 0.3) is 0 Å². The van der Waals surface area contributed by atoms with Crippen molar-refractivity contribution in [3.63, 3.8) is 0 Å². The minimum atomic E-state index is -0.260. The Bertz CT molecular complexity index is 1330. The van der Waals surface area contributed by atoms with Crippen molar-refractivity contribution in [1.82, 2.24) is 4.98 Å². The van der Waals surface area contributed by atoms with Crippen LogP contribution in [-0.4, -0.2) is 35.8 Å². The van der Waals surface area contributed by atoms with Crippen LogP contribution in [0.25, 0.3) is 10.4 Å². The molecule has 1 amide bonds. The molecule has 5 nitrogen and oxygen atoms in total. The number of aryl methyl sites for hydroxylation is 1. The molecule has 1 aromatic heterocycles. The molecular formula is C35H44N2O3S. The van der Waals surface area contributed by atoms with E-state index in [0.717, 1.165) is 74.9 Å². The normalized spacial score (nSPS) is 25.0. The summed E-state index contributed by atoms with van der Waals surface area (Å²) < 4.78 is 5.47. The molecule has 0 radical (unpaired) electrons. The van der Waals surface area contributed by atoms with E-state index in [-0.39, 0.29) is 17.9 Å². The lowest BCUT2D eigenvalue weighted by Crippen LogP contribution is -2.41. The number of rotatable bonds is 8. The molecule has 0 aliphatic heterocycles. The van der Waals surface area contributed by atoms with Gasteiger partial charge in [-0.3, -0.25) is 4.79 Å². The molecule has 3 aliphatic carbocycles. The molecule has 0 saturated heterocycles. The van der Waals surface area contributed by atoms with Crippen LogP contribution in [0.2, 0.25) is 0 Å². The lowest BCUT2D eigenvalue weighted by Gasteiger charge is -2.36. The Morgan fingerprint density at radius 3 is 2.44 bits per heavy atom. The largest absolute Gasteiger partial charge is 0.496 e. The monoisotopic (exact) mass is 572 g/mol. The van der Waals surface area contributed by atoms with Crippen LogP contribution in [0, 0.1) is 18.8 Å². The van der Waals surface area contributed by atoms with E-state index in [4.69, 9.17) is 9.72 Å². The smallest absolute Gasteiger partial charge is 0.230 e. The summed E-state index contributed by atoms with van der Waals surface area (Å²) in [5.74, 6) is 2.87. The van der Waals surface area contributed by atoms with Gasteiger partial charge in [0.2, 0.25) is 5.91 Å². The molecule has 3 saturated carbocycles. The molecule has 0 atom stereocenters. The number of ether oxygens (including phenoxy) is 1. The second-order valence-electron chi connectivity index (χ2n) is 12.6. The van der Waals surface area contributed by atoms with Gasteiger partial charge in [-0.25, -0.2) is 4.98 Å². The number of carbonyl (C=O) groups excluding carboxylic acids is 1. The van der Waals surface area contributed by atoms with Crippen LogP contribution in [-0.2, 0) is 4.79 Å². The first-order valence-electron chi connectivity index (χ1n) is 15.7. The average molecular weight is 573 g/mol. The summed E-state index contributed by atoms with van der Waals surface area (Å²) in [6, 6.07) is 15.2. The van der Waals surface area contributed by atoms with E-state index in [1.165, 1.54) is 40.3 Å². The molecule has 6 heteroatoms. The summed E-state index contributed by atoms with van der Waals surface area (Å²) in [7, 11) is 1.73. The fourth-order valence-electron chi connectivity index (χ4n) is 7.05. The number of methoxy groups -OCH3 is 1. The molecule has 218 valence electrons. The van der Waals surface area contributed by atoms with Crippen LogP contribution in [0.4, 0.5) is 5.69 Å². The first-order chi connectivity index (χ1) is 20.0. The number of aliphatic hydroxyl groups excluding tert-OH is 1. The molecule has 0 unspecified atom stereocenters. The SMILES string of the molecule is COc1ccc(C2CCC(CN(C(=O)C3CCC(O)CC3)c3cccc(-c4cnc(C5CCC5)s4)c3)CC2)cc1C. The summed E-state index contributed by atoms with van der Waals surface area (Å²) in [6.45, 7) is 2.89. The Hall–Kier alpha value is -2.70. The Morgan fingerprint density at radius 1 is 0.976 bits per heavy atom. The van der Waals surface area contributed by atoms with Crippen LogP contribution in [0.3, 0.4) is 0 Å². The molecule has 3 aromatic rings. The highest BCUT2D eigenvalue weighted by molar-refractivity contribution is 7.15. The van der Waals surface area contributed by atoms with Crippen molar-refractivity contribution >= 4 is 22.9 Å². The minimum Gasteiger partial charge on any atom is -0.496 e. The maximum atomic E-state index is 14.1. The van der Waals surface area contributed by atoms with E-state index in [2.05, 4.69) is 54.3 Å². The second kappa shape index (κ2) is 12.7. The predicted molar refractivity (Wildman–Crippen MR) is 167 cm³/mol. The van der Waals surface area contributed by atoms with Crippen molar-refractivity contribution < 1.29 is 14.6 Å². The second-order valence-corrected chi connectivity index (χ2v) is 13.7. The van der Waals surface area contributed by atoms with Gasteiger partial charge in [0.05, 0.1) is 23.1 Å². The van der Waals surface area contributed by atoms with Gasteiger partial charge in [0.1, 0.15) is 5.75 Å². The van der Waals surface area contributed by atoms with E-state index in [0.29, 0.717) is 17.8 Å². The summed E-state index contributed by atoms with van der Waals surface area (Å²) in [5, 5.41) is 11.3. The number of nitrogens with zero attached hydrogens (tertiary/aromatic N) is 2. The maximum Gasteiger partial charge on any atom is 0.230 e. The van der Waals surface area contributed by atoms with Gasteiger partial charge in [-0.2, -0.15) is 0 Å². The molecular weight excluding hydrogens is 528 g/mol. The number of aromatic nitrogens is 1. The van der Waals surface area contributed by atoms with Gasteiger partial charge in [-0.1, -0.05) is 30.7 Å². The summed E-state index contributed by atoms with van der Waals surface area (Å²) >= 11 is 1.81. The first kappa shape index (κ1) is 28.4. The van der Waals surface area contributed by atoms with Crippen molar-refractivity contribution in [3.8, 4) is 16.2 Å². The van der Waals surface area contributed by atoms with Gasteiger partial charge < -0.3 is 14.7 Å². The van der Waals surface area contributed by atoms with Crippen molar-refractivity contribution in [2.24, 2.45) is 11.8 Å². The maximum absolute atomic E-state index is 14.1. The Balaban J connectivity index is 1.19. The Kier molecular flexibility index (Phi) is 8.78. The van der Waals surface area contributed by atoms with E-state index >= 15 is 0 Å². The van der Waals surface area contributed by atoms with Crippen LogP contribution >= 0.6 is 11.3 Å². The van der Waals surface area contributed by atoms with E-state index in [1.54, 1.807) is 7.11 Å². The van der Waals surface area contributed by atoms with Crippen LogP contribution in [0.5, 0.6) is 5.75 Å². The molecule has 0 bridgehead atoms. The summed E-state index contributed by atoms with van der Waals surface area (Å²) in [6.07, 6.45) is 13.1. The van der Waals surface area contributed by atoms with Gasteiger partial charge >= 0.3 is 0 Å². The predicted octanol–water partition coefficient (Wildman–Crippen LogP) is 8.25. The van der Waals surface area contributed by atoms with Gasteiger partial charge in [0.15, 0.2) is 0 Å². The topological polar surface area (TPSA) is 62.7 Å². The standard InChI is InChI=1S/C35H44N2O3S/c1-23-19-28(15-18-32(23)40-2)25-11-9-24(10-12-25)22-37(35(39)27-13-16-31(38)17-14-27)30-8-4-7-29(20-30)33-21-36-34(41-33)26-5-3-6-26/h4,7-8,15,18-21,24-27,31,38H,3,5-6,9-14,16-17,22H2,1-2H3. The number of amides is 1. The highest BCUT2D eigenvalue weighted by Gasteiger charge is 2.32. The van der Waals surface area contributed by atoms with Crippen LogP contribution < -0.4 is 9.64 Å². The number of benzene rings is 2. The third kappa shape index (κ3) is 6.39. The number of hydrogen-bond acceptors (Lipinski definition) is 5. The third-order valence-electron chi connectivity index (χ3n) is 9.91. The van der Waals surface area contributed by atoms with E-state index in [1.807, 2.05) is 17.5 Å². The number of hydrogen-bond donors (Lipinski definition) is 1. The first-order valence-corrected chi connectivity index (χ1v) is 16.5. The molecule has 6 rings (SSSR count). The molecule has 1 heterocycles. The average Bonchev–Trinajstić information content (AvgIpc) is 3.45. The van der Waals surface area contributed by atoms with E-state index < -0.39 is 0 Å². The fourth-order valence-corrected chi connectivity index (χ4v) is 8.13. The highest BCUT2D eigenvalue weighted by atomic mass is 32.1. The molecule has 41 heavy (non-hydrogen) atoms. The van der Waals surface area contributed by atoms with Gasteiger partial charge in [-0.05, 0) is 118 Å². The summed E-state index contributed by atoms with van der Waals surface area (Å²) in [4.78, 5) is 22.1. The van der Waals surface area contributed by atoms with Crippen LogP contribution in [0.1, 0.15) is 98.6 Å². The third-order valence-corrected chi connectivity index (χ3v) is 11.1.